The van der Waals surface area contributed by atoms with E-state index in [4.69, 9.17) is 5.11 Å². The van der Waals surface area contributed by atoms with Crippen LogP contribution < -0.4 is 0 Å². The van der Waals surface area contributed by atoms with Crippen molar-refractivity contribution in [1.29, 1.82) is 0 Å². The number of hydrogen-bond acceptors (Lipinski definition) is 3. The molecule has 104 valence electrons. The molecule has 0 bridgehead atoms. The van der Waals surface area contributed by atoms with E-state index in [2.05, 4.69) is 20.8 Å². The van der Waals surface area contributed by atoms with Crippen molar-refractivity contribution in [2.24, 2.45) is 11.3 Å². The molecule has 1 aliphatic rings. The molecule has 1 saturated heterocycles. The first-order valence-electron chi connectivity index (χ1n) is 6.43. The van der Waals surface area contributed by atoms with Crippen LogP contribution in [-0.4, -0.2) is 35.0 Å². The molecule has 1 aromatic rings. The number of thiophene rings is 1. The summed E-state index contributed by atoms with van der Waals surface area (Å²) in [5.41, 5.74) is 0.112. The fourth-order valence-corrected chi connectivity index (χ4v) is 3.18. The fourth-order valence-electron chi connectivity index (χ4n) is 2.36. The minimum absolute atomic E-state index is 0.0440. The van der Waals surface area contributed by atoms with E-state index in [0.29, 0.717) is 10.8 Å². The third-order valence-corrected chi connectivity index (χ3v) is 5.14. The number of rotatable bonds is 2. The summed E-state index contributed by atoms with van der Waals surface area (Å²) in [6, 6.07) is 3.11. The van der Waals surface area contributed by atoms with Crippen LogP contribution in [0.25, 0.3) is 0 Å². The molecule has 1 atom stereocenters. The van der Waals surface area contributed by atoms with Crippen molar-refractivity contribution in [1.82, 2.24) is 4.90 Å². The van der Waals surface area contributed by atoms with Crippen molar-refractivity contribution in [2.75, 3.05) is 13.1 Å². The maximum Gasteiger partial charge on any atom is 0.345 e. The number of nitrogens with zero attached hydrogens (tertiary/aromatic N) is 1. The van der Waals surface area contributed by atoms with Gasteiger partial charge in [-0.25, -0.2) is 4.79 Å². The molecule has 2 rings (SSSR count). The fraction of sp³-hybridized carbons (Fsp3) is 0.571. The summed E-state index contributed by atoms with van der Waals surface area (Å²) >= 11 is 1.05. The van der Waals surface area contributed by atoms with E-state index in [1.54, 1.807) is 6.07 Å². The minimum atomic E-state index is -0.975. The van der Waals surface area contributed by atoms with E-state index in [-0.39, 0.29) is 16.2 Å². The highest BCUT2D eigenvalue weighted by molar-refractivity contribution is 7.15. The first-order valence-corrected chi connectivity index (χ1v) is 7.25. The van der Waals surface area contributed by atoms with E-state index < -0.39 is 5.97 Å². The van der Waals surface area contributed by atoms with Crippen LogP contribution in [0.3, 0.4) is 0 Å². The average molecular weight is 281 g/mol. The summed E-state index contributed by atoms with van der Waals surface area (Å²) in [5.74, 6) is -0.427. The maximum absolute atomic E-state index is 12.4. The van der Waals surface area contributed by atoms with Crippen molar-refractivity contribution < 1.29 is 14.7 Å². The summed E-state index contributed by atoms with van der Waals surface area (Å²) in [5, 5.41) is 8.89. The normalized spacial score (nSPS) is 22.3. The summed E-state index contributed by atoms with van der Waals surface area (Å²) in [6.45, 7) is 8.05. The Morgan fingerprint density at radius 2 is 2.00 bits per heavy atom. The van der Waals surface area contributed by atoms with Gasteiger partial charge in [-0.2, -0.15) is 0 Å². The lowest BCUT2D eigenvalue weighted by Crippen LogP contribution is -2.47. The van der Waals surface area contributed by atoms with E-state index in [1.807, 2.05) is 4.90 Å². The summed E-state index contributed by atoms with van der Waals surface area (Å²) in [4.78, 5) is 25.8. The SMILES string of the molecule is CC1CCN(C(=O)c2ccc(C(=O)O)s2)CC1(C)C. The van der Waals surface area contributed by atoms with Gasteiger partial charge in [-0.05, 0) is 29.9 Å². The first kappa shape index (κ1) is 14.1. The highest BCUT2D eigenvalue weighted by Crippen LogP contribution is 2.35. The van der Waals surface area contributed by atoms with Gasteiger partial charge in [-0.3, -0.25) is 4.79 Å². The van der Waals surface area contributed by atoms with Crippen LogP contribution in [-0.2, 0) is 0 Å². The second-order valence-electron chi connectivity index (χ2n) is 5.87. The lowest BCUT2D eigenvalue weighted by atomic mass is 9.75. The number of carboxylic acid groups (broad SMARTS) is 1. The Morgan fingerprint density at radius 3 is 2.53 bits per heavy atom. The molecule has 0 aliphatic carbocycles. The Kier molecular flexibility index (Phi) is 3.67. The Balaban J connectivity index is 2.13. The van der Waals surface area contributed by atoms with E-state index in [9.17, 15) is 9.59 Å². The van der Waals surface area contributed by atoms with Crippen LogP contribution in [0.1, 0.15) is 46.5 Å². The molecule has 0 aromatic carbocycles. The van der Waals surface area contributed by atoms with Gasteiger partial charge in [0.05, 0.1) is 4.88 Å². The predicted octanol–water partition coefficient (Wildman–Crippen LogP) is 2.95. The van der Waals surface area contributed by atoms with Gasteiger partial charge in [0.15, 0.2) is 0 Å². The molecule has 1 unspecified atom stereocenters. The van der Waals surface area contributed by atoms with Gasteiger partial charge in [-0.15, -0.1) is 11.3 Å². The maximum atomic E-state index is 12.4. The van der Waals surface area contributed by atoms with Gasteiger partial charge < -0.3 is 10.0 Å². The molecule has 2 heterocycles. The van der Waals surface area contributed by atoms with Gasteiger partial charge >= 0.3 is 5.97 Å². The highest BCUT2D eigenvalue weighted by atomic mass is 32.1. The second kappa shape index (κ2) is 4.96. The van der Waals surface area contributed by atoms with Gasteiger partial charge in [-0.1, -0.05) is 20.8 Å². The molecule has 1 amide bonds. The first-order chi connectivity index (χ1) is 8.81. The van der Waals surface area contributed by atoms with Crippen LogP contribution in [0, 0.1) is 11.3 Å². The molecule has 0 radical (unpaired) electrons. The molecular weight excluding hydrogens is 262 g/mol. The van der Waals surface area contributed by atoms with Crippen LogP contribution in [0.15, 0.2) is 12.1 Å². The third-order valence-electron chi connectivity index (χ3n) is 4.08. The zero-order valence-electron chi connectivity index (χ0n) is 11.5. The van der Waals surface area contributed by atoms with Crippen molar-refractivity contribution >= 4 is 23.2 Å². The number of carbonyl (C=O) groups excluding carboxylic acids is 1. The number of piperidine rings is 1. The van der Waals surface area contributed by atoms with Gasteiger partial charge in [0.2, 0.25) is 0 Å². The van der Waals surface area contributed by atoms with Crippen molar-refractivity contribution in [3.8, 4) is 0 Å². The van der Waals surface area contributed by atoms with Gasteiger partial charge in [0.1, 0.15) is 4.88 Å². The standard InChI is InChI=1S/C14H19NO3S/c1-9-6-7-15(8-14(9,2)3)12(16)10-4-5-11(19-10)13(17)18/h4-5,9H,6-8H2,1-3H3,(H,17,18). The Hall–Kier alpha value is -1.36. The summed E-state index contributed by atoms with van der Waals surface area (Å²) < 4.78 is 0. The number of carbonyl (C=O) groups is 2. The number of amides is 1. The van der Waals surface area contributed by atoms with Crippen LogP contribution >= 0.6 is 11.3 Å². The molecule has 19 heavy (non-hydrogen) atoms. The van der Waals surface area contributed by atoms with Crippen LogP contribution in [0.2, 0.25) is 0 Å². The monoisotopic (exact) mass is 281 g/mol. The number of likely N-dealkylation sites (tertiary alicyclic amines) is 1. The summed E-state index contributed by atoms with van der Waals surface area (Å²) in [6.07, 6.45) is 0.996. The molecule has 0 saturated carbocycles. The van der Waals surface area contributed by atoms with Crippen molar-refractivity contribution in [3.63, 3.8) is 0 Å². The van der Waals surface area contributed by atoms with Crippen molar-refractivity contribution in [2.45, 2.75) is 27.2 Å². The molecule has 1 fully saturated rings. The van der Waals surface area contributed by atoms with Crippen LogP contribution in [0.5, 0.6) is 0 Å². The Labute approximate surface area is 117 Å². The number of hydrogen-bond donors (Lipinski definition) is 1. The average Bonchev–Trinajstić information content (AvgIpc) is 2.81. The molecule has 4 nitrogen and oxygen atoms in total. The van der Waals surface area contributed by atoms with E-state index >= 15 is 0 Å². The van der Waals surface area contributed by atoms with Gasteiger partial charge in [0.25, 0.3) is 5.91 Å². The molecule has 5 heteroatoms. The van der Waals surface area contributed by atoms with Crippen molar-refractivity contribution in [3.05, 3.63) is 21.9 Å². The van der Waals surface area contributed by atoms with E-state index in [0.717, 1.165) is 30.8 Å². The van der Waals surface area contributed by atoms with E-state index in [1.165, 1.54) is 6.07 Å². The Bertz CT molecular complexity index is 507. The molecule has 1 aliphatic heterocycles. The molecule has 0 spiro atoms. The lowest BCUT2D eigenvalue weighted by Gasteiger charge is -2.42. The largest absolute Gasteiger partial charge is 0.477 e. The van der Waals surface area contributed by atoms with Gasteiger partial charge in [0, 0.05) is 13.1 Å². The highest BCUT2D eigenvalue weighted by Gasteiger charge is 2.35. The lowest BCUT2D eigenvalue weighted by molar-refractivity contribution is 0.0432. The Morgan fingerprint density at radius 1 is 1.37 bits per heavy atom. The predicted molar refractivity (Wildman–Crippen MR) is 74.7 cm³/mol. The van der Waals surface area contributed by atoms with Crippen LogP contribution in [0.4, 0.5) is 0 Å². The molecule has 1 N–H and O–H groups in total. The zero-order chi connectivity index (χ0) is 14.2. The number of carboxylic acids is 1. The third kappa shape index (κ3) is 2.81. The summed E-state index contributed by atoms with van der Waals surface area (Å²) in [7, 11) is 0. The smallest absolute Gasteiger partial charge is 0.345 e. The topological polar surface area (TPSA) is 57.6 Å². The number of aromatic carboxylic acids is 1. The molecular formula is C14H19NO3S. The second-order valence-corrected chi connectivity index (χ2v) is 6.96. The quantitative estimate of drug-likeness (QED) is 0.906. The molecule has 1 aromatic heterocycles. The zero-order valence-corrected chi connectivity index (χ0v) is 12.3. The minimum Gasteiger partial charge on any atom is -0.477 e.